The van der Waals surface area contributed by atoms with E-state index in [4.69, 9.17) is 10.5 Å². The van der Waals surface area contributed by atoms with Crippen LogP contribution in [0.1, 0.15) is 19.3 Å². The van der Waals surface area contributed by atoms with Crippen molar-refractivity contribution in [3.05, 3.63) is 30.5 Å². The second kappa shape index (κ2) is 6.09. The van der Waals surface area contributed by atoms with Crippen LogP contribution in [0.25, 0.3) is 10.9 Å². The van der Waals surface area contributed by atoms with E-state index in [0.29, 0.717) is 0 Å². The molecule has 0 radical (unpaired) electrons. The van der Waals surface area contributed by atoms with Crippen LogP contribution in [-0.4, -0.2) is 24.7 Å². The van der Waals surface area contributed by atoms with Crippen molar-refractivity contribution in [1.82, 2.24) is 4.98 Å². The highest BCUT2D eigenvalue weighted by molar-refractivity contribution is 5.97. The van der Waals surface area contributed by atoms with Gasteiger partial charge in [-0.3, -0.25) is 4.98 Å². The van der Waals surface area contributed by atoms with Gasteiger partial charge in [0.15, 0.2) is 0 Å². The van der Waals surface area contributed by atoms with Crippen molar-refractivity contribution in [2.45, 2.75) is 19.3 Å². The van der Waals surface area contributed by atoms with Gasteiger partial charge in [-0.1, -0.05) is 12.1 Å². The minimum atomic E-state index is 0.721. The highest BCUT2D eigenvalue weighted by Gasteiger charge is 2.20. The molecule has 1 aromatic heterocycles. The number of nitrogens with one attached hydrogen (secondary N) is 1. The lowest BCUT2D eigenvalue weighted by atomic mass is 10.1. The molecule has 1 aliphatic carbocycles. The second-order valence-electron chi connectivity index (χ2n) is 5.40. The molecule has 0 atom stereocenters. The third kappa shape index (κ3) is 3.20. The smallest absolute Gasteiger partial charge is 0.0951 e. The standard InChI is InChI=1S/C16H21N3O/c17-14-4-1-3-13-15(7-9-19-16(13)14)18-8-2-10-20-11-12-5-6-12/h1,3-4,7,9,12H,2,5-6,8,10-11,17H2,(H,18,19). The highest BCUT2D eigenvalue weighted by Crippen LogP contribution is 2.28. The molecule has 4 nitrogen and oxygen atoms in total. The zero-order valence-corrected chi connectivity index (χ0v) is 11.6. The molecule has 4 heteroatoms. The number of hydrogen-bond donors (Lipinski definition) is 2. The number of benzene rings is 1. The molecule has 0 bridgehead atoms. The number of rotatable bonds is 7. The Morgan fingerprint density at radius 2 is 2.20 bits per heavy atom. The molecule has 1 aliphatic rings. The van der Waals surface area contributed by atoms with E-state index in [1.54, 1.807) is 6.20 Å². The molecule has 0 aliphatic heterocycles. The van der Waals surface area contributed by atoms with Gasteiger partial charge in [-0.25, -0.2) is 0 Å². The van der Waals surface area contributed by atoms with E-state index in [2.05, 4.69) is 10.3 Å². The lowest BCUT2D eigenvalue weighted by Crippen LogP contribution is -2.07. The van der Waals surface area contributed by atoms with Crippen molar-refractivity contribution in [1.29, 1.82) is 0 Å². The Balaban J connectivity index is 1.53. The van der Waals surface area contributed by atoms with Crippen molar-refractivity contribution in [3.8, 4) is 0 Å². The van der Waals surface area contributed by atoms with Gasteiger partial charge in [0.2, 0.25) is 0 Å². The summed E-state index contributed by atoms with van der Waals surface area (Å²) >= 11 is 0. The molecule has 0 saturated heterocycles. The Kier molecular flexibility index (Phi) is 4.02. The summed E-state index contributed by atoms with van der Waals surface area (Å²) in [7, 11) is 0. The minimum absolute atomic E-state index is 0.721. The number of hydrogen-bond acceptors (Lipinski definition) is 4. The maximum atomic E-state index is 5.94. The zero-order valence-electron chi connectivity index (χ0n) is 11.6. The normalized spacial score (nSPS) is 14.6. The maximum Gasteiger partial charge on any atom is 0.0951 e. The first-order valence-electron chi connectivity index (χ1n) is 7.29. The van der Waals surface area contributed by atoms with Crippen molar-refractivity contribution in [2.75, 3.05) is 30.8 Å². The van der Waals surface area contributed by atoms with Crippen LogP contribution < -0.4 is 11.1 Å². The molecule has 0 amide bonds. The lowest BCUT2D eigenvalue weighted by Gasteiger charge is -2.10. The summed E-state index contributed by atoms with van der Waals surface area (Å²) in [5.41, 5.74) is 8.62. The number of aromatic nitrogens is 1. The Morgan fingerprint density at radius 1 is 1.30 bits per heavy atom. The molecule has 1 heterocycles. The first kappa shape index (κ1) is 13.2. The van der Waals surface area contributed by atoms with Crippen molar-refractivity contribution in [3.63, 3.8) is 0 Å². The Morgan fingerprint density at radius 3 is 3.05 bits per heavy atom. The van der Waals surface area contributed by atoms with Crippen LogP contribution in [-0.2, 0) is 4.74 Å². The highest BCUT2D eigenvalue weighted by atomic mass is 16.5. The van der Waals surface area contributed by atoms with Gasteiger partial charge in [0.05, 0.1) is 11.2 Å². The molecule has 1 aromatic carbocycles. The number of pyridine rings is 1. The van der Waals surface area contributed by atoms with Gasteiger partial charge in [0.1, 0.15) is 0 Å². The molecule has 0 unspecified atom stereocenters. The number of nitrogens with two attached hydrogens (primary N) is 1. The van der Waals surface area contributed by atoms with E-state index in [1.165, 1.54) is 12.8 Å². The number of nitrogen functional groups attached to an aromatic ring is 1. The third-order valence-electron chi connectivity index (χ3n) is 3.63. The van der Waals surface area contributed by atoms with Gasteiger partial charge >= 0.3 is 0 Å². The summed E-state index contributed by atoms with van der Waals surface area (Å²) in [4.78, 5) is 4.34. The number of fused-ring (bicyclic) bond motifs is 1. The second-order valence-corrected chi connectivity index (χ2v) is 5.40. The van der Waals surface area contributed by atoms with E-state index < -0.39 is 0 Å². The quantitative estimate of drug-likeness (QED) is 0.600. The van der Waals surface area contributed by atoms with Crippen LogP contribution in [0.15, 0.2) is 30.5 Å². The fraction of sp³-hybridized carbons (Fsp3) is 0.438. The Hall–Kier alpha value is -1.81. The predicted octanol–water partition coefficient (Wildman–Crippen LogP) is 3.05. The van der Waals surface area contributed by atoms with E-state index in [-0.39, 0.29) is 0 Å². The van der Waals surface area contributed by atoms with Crippen LogP contribution in [0.3, 0.4) is 0 Å². The van der Waals surface area contributed by atoms with Crippen LogP contribution in [0.5, 0.6) is 0 Å². The Labute approximate surface area is 119 Å². The number of ether oxygens (including phenoxy) is 1. The summed E-state index contributed by atoms with van der Waals surface area (Å²) in [6.07, 6.45) is 5.51. The molecule has 3 rings (SSSR count). The number of para-hydroxylation sites is 1. The largest absolute Gasteiger partial charge is 0.397 e. The van der Waals surface area contributed by atoms with Gasteiger partial charge in [-0.15, -0.1) is 0 Å². The Bertz CT molecular complexity index is 581. The topological polar surface area (TPSA) is 60.2 Å². The average Bonchev–Trinajstić information content (AvgIpc) is 3.28. The first-order valence-corrected chi connectivity index (χ1v) is 7.29. The molecule has 3 N–H and O–H groups in total. The fourth-order valence-electron chi connectivity index (χ4n) is 2.28. The van der Waals surface area contributed by atoms with Gasteiger partial charge in [0, 0.05) is 37.0 Å². The van der Waals surface area contributed by atoms with Gasteiger partial charge in [-0.2, -0.15) is 0 Å². The number of nitrogens with zero attached hydrogens (tertiary/aromatic N) is 1. The first-order chi connectivity index (χ1) is 9.84. The van der Waals surface area contributed by atoms with Crippen molar-refractivity contribution >= 4 is 22.3 Å². The molecule has 106 valence electrons. The van der Waals surface area contributed by atoms with E-state index in [1.807, 2.05) is 24.3 Å². The summed E-state index contributed by atoms with van der Waals surface area (Å²) in [5.74, 6) is 0.843. The molecule has 20 heavy (non-hydrogen) atoms. The molecular weight excluding hydrogens is 250 g/mol. The van der Waals surface area contributed by atoms with E-state index in [0.717, 1.165) is 54.4 Å². The molecule has 1 fully saturated rings. The summed E-state index contributed by atoms with van der Waals surface area (Å²) in [5, 5.41) is 4.52. The van der Waals surface area contributed by atoms with E-state index in [9.17, 15) is 0 Å². The van der Waals surface area contributed by atoms with Crippen LogP contribution in [0.4, 0.5) is 11.4 Å². The molecule has 0 spiro atoms. The average molecular weight is 271 g/mol. The maximum absolute atomic E-state index is 5.94. The lowest BCUT2D eigenvalue weighted by molar-refractivity contribution is 0.124. The fourth-order valence-corrected chi connectivity index (χ4v) is 2.28. The van der Waals surface area contributed by atoms with Crippen LogP contribution in [0.2, 0.25) is 0 Å². The van der Waals surface area contributed by atoms with Crippen molar-refractivity contribution < 1.29 is 4.74 Å². The summed E-state index contributed by atoms with van der Waals surface area (Å²) in [6, 6.07) is 7.88. The molecule has 1 saturated carbocycles. The molecule has 2 aromatic rings. The third-order valence-corrected chi connectivity index (χ3v) is 3.63. The monoisotopic (exact) mass is 271 g/mol. The van der Waals surface area contributed by atoms with Crippen molar-refractivity contribution in [2.24, 2.45) is 5.92 Å². The van der Waals surface area contributed by atoms with Crippen LogP contribution >= 0.6 is 0 Å². The van der Waals surface area contributed by atoms with Crippen LogP contribution in [0, 0.1) is 5.92 Å². The zero-order chi connectivity index (χ0) is 13.8. The van der Waals surface area contributed by atoms with Gasteiger partial charge in [0.25, 0.3) is 0 Å². The molecular formula is C16H21N3O. The van der Waals surface area contributed by atoms with Gasteiger partial charge in [-0.05, 0) is 37.3 Å². The van der Waals surface area contributed by atoms with Gasteiger partial charge < -0.3 is 15.8 Å². The summed E-state index contributed by atoms with van der Waals surface area (Å²) < 4.78 is 5.63. The predicted molar refractivity (Wildman–Crippen MR) is 82.8 cm³/mol. The summed E-state index contributed by atoms with van der Waals surface area (Å²) in [6.45, 7) is 2.67. The SMILES string of the molecule is Nc1cccc2c(NCCCOCC3CC3)ccnc12. The minimum Gasteiger partial charge on any atom is -0.397 e. The number of anilines is 2. The van der Waals surface area contributed by atoms with E-state index >= 15 is 0 Å².